The van der Waals surface area contributed by atoms with Crippen LogP contribution in [0.5, 0.6) is 5.75 Å². The van der Waals surface area contributed by atoms with Crippen LogP contribution in [0, 0.1) is 6.92 Å². The van der Waals surface area contributed by atoms with E-state index in [0.29, 0.717) is 26.1 Å². The van der Waals surface area contributed by atoms with Crippen LogP contribution < -0.4 is 15.4 Å². The Hall–Kier alpha value is -3.15. The van der Waals surface area contributed by atoms with Gasteiger partial charge in [-0.1, -0.05) is 54.6 Å². The van der Waals surface area contributed by atoms with Gasteiger partial charge in [-0.25, -0.2) is 0 Å². The van der Waals surface area contributed by atoms with Crippen molar-refractivity contribution >= 4 is 5.91 Å². The zero-order valence-corrected chi connectivity index (χ0v) is 19.3. The third kappa shape index (κ3) is 5.62. The highest BCUT2D eigenvalue weighted by Crippen LogP contribution is 2.34. The first kappa shape index (κ1) is 23.0. The molecule has 0 heterocycles. The van der Waals surface area contributed by atoms with E-state index in [9.17, 15) is 9.90 Å². The van der Waals surface area contributed by atoms with Gasteiger partial charge in [0.25, 0.3) is 0 Å². The molecule has 1 aliphatic carbocycles. The maximum atomic E-state index is 11.0. The molecule has 0 bridgehead atoms. The van der Waals surface area contributed by atoms with E-state index < -0.39 is 6.10 Å². The van der Waals surface area contributed by atoms with Crippen molar-refractivity contribution in [1.29, 1.82) is 0 Å². The van der Waals surface area contributed by atoms with E-state index in [0.717, 1.165) is 23.3 Å². The standard InChI is InChI=1S/C28H32N2O3/c1-19-21(9-6-10-25(19)22-7-4-3-5-8-22)13-16-33-24-11-12-26-23(17-24)18-27(32)28(26)30-15-14-29-20(2)31/h3-12,17,27-28,30,32H,13-16,18H2,1-2H3,(H,29,31)/t27-,28-/m0/s1. The second-order valence-electron chi connectivity index (χ2n) is 8.60. The fraction of sp³-hybridized carbons (Fsp3) is 0.321. The molecule has 4 rings (SSSR count). The van der Waals surface area contributed by atoms with E-state index in [-0.39, 0.29) is 11.9 Å². The van der Waals surface area contributed by atoms with Gasteiger partial charge in [-0.2, -0.15) is 0 Å². The van der Waals surface area contributed by atoms with Crippen molar-refractivity contribution in [3.63, 3.8) is 0 Å². The highest BCUT2D eigenvalue weighted by atomic mass is 16.5. The number of fused-ring (bicyclic) bond motifs is 1. The van der Waals surface area contributed by atoms with Crippen LogP contribution in [-0.2, 0) is 17.6 Å². The Labute approximate surface area is 195 Å². The lowest BCUT2D eigenvalue weighted by Crippen LogP contribution is -2.35. The van der Waals surface area contributed by atoms with Crippen LogP contribution in [0.4, 0.5) is 0 Å². The molecule has 3 N–H and O–H groups in total. The summed E-state index contributed by atoms with van der Waals surface area (Å²) in [6, 6.07) is 22.8. The van der Waals surface area contributed by atoms with E-state index in [4.69, 9.17) is 4.74 Å². The molecule has 3 aromatic carbocycles. The second kappa shape index (κ2) is 10.6. The third-order valence-electron chi connectivity index (χ3n) is 6.30. The highest BCUT2D eigenvalue weighted by Gasteiger charge is 2.30. The molecular formula is C28H32N2O3. The summed E-state index contributed by atoms with van der Waals surface area (Å²) in [7, 11) is 0. The molecule has 5 nitrogen and oxygen atoms in total. The van der Waals surface area contributed by atoms with E-state index in [1.807, 2.05) is 24.3 Å². The number of ether oxygens (including phenoxy) is 1. The molecule has 0 saturated heterocycles. The summed E-state index contributed by atoms with van der Waals surface area (Å²) in [5.74, 6) is 0.782. The number of benzene rings is 3. The summed E-state index contributed by atoms with van der Waals surface area (Å²) in [5.41, 5.74) is 7.28. The van der Waals surface area contributed by atoms with Crippen molar-refractivity contribution in [2.75, 3.05) is 19.7 Å². The molecular weight excluding hydrogens is 412 g/mol. The number of hydrogen-bond acceptors (Lipinski definition) is 4. The fourth-order valence-corrected chi connectivity index (χ4v) is 4.58. The molecule has 3 aromatic rings. The summed E-state index contributed by atoms with van der Waals surface area (Å²) in [5, 5.41) is 16.6. The molecule has 0 radical (unpaired) electrons. The number of carbonyl (C=O) groups excluding carboxylic acids is 1. The van der Waals surface area contributed by atoms with Crippen molar-refractivity contribution in [1.82, 2.24) is 10.6 Å². The zero-order valence-electron chi connectivity index (χ0n) is 19.3. The summed E-state index contributed by atoms with van der Waals surface area (Å²) in [4.78, 5) is 11.0. The molecule has 2 atom stereocenters. The molecule has 0 saturated carbocycles. The molecule has 0 spiro atoms. The van der Waals surface area contributed by atoms with Gasteiger partial charge < -0.3 is 20.5 Å². The Bertz CT molecular complexity index is 1100. The average molecular weight is 445 g/mol. The number of aliphatic hydroxyl groups is 1. The molecule has 0 aliphatic heterocycles. The van der Waals surface area contributed by atoms with Gasteiger partial charge in [-0.05, 0) is 52.4 Å². The number of nitrogens with one attached hydrogen (secondary N) is 2. The first-order chi connectivity index (χ1) is 16.0. The third-order valence-corrected chi connectivity index (χ3v) is 6.30. The van der Waals surface area contributed by atoms with Crippen LogP contribution in [-0.4, -0.2) is 36.8 Å². The van der Waals surface area contributed by atoms with Gasteiger partial charge in [0.05, 0.1) is 18.8 Å². The second-order valence-corrected chi connectivity index (χ2v) is 8.60. The maximum Gasteiger partial charge on any atom is 0.216 e. The first-order valence-electron chi connectivity index (χ1n) is 11.6. The predicted octanol–water partition coefficient (Wildman–Crippen LogP) is 3.97. The van der Waals surface area contributed by atoms with Crippen LogP contribution in [0.1, 0.15) is 35.2 Å². The minimum absolute atomic E-state index is 0.0482. The molecule has 172 valence electrons. The summed E-state index contributed by atoms with van der Waals surface area (Å²) < 4.78 is 6.08. The molecule has 1 amide bonds. The number of amides is 1. The highest BCUT2D eigenvalue weighted by molar-refractivity contribution is 5.72. The van der Waals surface area contributed by atoms with E-state index in [1.54, 1.807) is 0 Å². The molecule has 0 unspecified atom stereocenters. The van der Waals surface area contributed by atoms with Crippen LogP contribution in [0.15, 0.2) is 66.7 Å². The van der Waals surface area contributed by atoms with Gasteiger partial charge in [0.15, 0.2) is 0 Å². The smallest absolute Gasteiger partial charge is 0.216 e. The Morgan fingerprint density at radius 3 is 2.67 bits per heavy atom. The number of carbonyl (C=O) groups is 1. The lowest BCUT2D eigenvalue weighted by Gasteiger charge is -2.18. The number of aliphatic hydroxyl groups excluding tert-OH is 1. The fourth-order valence-electron chi connectivity index (χ4n) is 4.58. The lowest BCUT2D eigenvalue weighted by molar-refractivity contribution is -0.118. The normalized spacial score (nSPS) is 16.9. The lowest BCUT2D eigenvalue weighted by atomic mass is 9.95. The van der Waals surface area contributed by atoms with Gasteiger partial charge in [0.1, 0.15) is 5.75 Å². The van der Waals surface area contributed by atoms with Crippen LogP contribution in [0.3, 0.4) is 0 Å². The minimum Gasteiger partial charge on any atom is -0.493 e. The Balaban J connectivity index is 1.35. The first-order valence-corrected chi connectivity index (χ1v) is 11.6. The summed E-state index contributed by atoms with van der Waals surface area (Å²) >= 11 is 0. The Morgan fingerprint density at radius 2 is 1.88 bits per heavy atom. The van der Waals surface area contributed by atoms with Crippen molar-refractivity contribution in [2.24, 2.45) is 0 Å². The average Bonchev–Trinajstić information content (AvgIpc) is 3.12. The van der Waals surface area contributed by atoms with E-state index in [1.165, 1.54) is 29.2 Å². The maximum absolute atomic E-state index is 11.0. The van der Waals surface area contributed by atoms with Gasteiger partial charge in [0.2, 0.25) is 5.91 Å². The molecule has 5 heteroatoms. The van der Waals surface area contributed by atoms with Crippen LogP contribution in [0.25, 0.3) is 11.1 Å². The van der Waals surface area contributed by atoms with Crippen molar-refractivity contribution in [2.45, 2.75) is 38.8 Å². The molecule has 0 aromatic heterocycles. The molecule has 33 heavy (non-hydrogen) atoms. The topological polar surface area (TPSA) is 70.6 Å². The van der Waals surface area contributed by atoms with Gasteiger partial charge in [0, 0.05) is 32.9 Å². The summed E-state index contributed by atoms with van der Waals surface area (Å²) in [6.45, 7) is 5.43. The number of rotatable bonds is 9. The predicted molar refractivity (Wildman–Crippen MR) is 131 cm³/mol. The summed E-state index contributed by atoms with van der Waals surface area (Å²) in [6.07, 6.45) is 0.957. The minimum atomic E-state index is -0.476. The van der Waals surface area contributed by atoms with Gasteiger partial charge in [-0.15, -0.1) is 0 Å². The van der Waals surface area contributed by atoms with Crippen LogP contribution >= 0.6 is 0 Å². The Morgan fingerprint density at radius 1 is 1.06 bits per heavy atom. The van der Waals surface area contributed by atoms with Gasteiger partial charge >= 0.3 is 0 Å². The van der Waals surface area contributed by atoms with Crippen molar-refractivity contribution in [3.8, 4) is 16.9 Å². The number of hydrogen-bond donors (Lipinski definition) is 3. The van der Waals surface area contributed by atoms with E-state index in [2.05, 4.69) is 60.0 Å². The van der Waals surface area contributed by atoms with Gasteiger partial charge in [-0.3, -0.25) is 4.79 Å². The van der Waals surface area contributed by atoms with Crippen molar-refractivity contribution in [3.05, 3.63) is 89.0 Å². The molecule has 0 fully saturated rings. The van der Waals surface area contributed by atoms with E-state index >= 15 is 0 Å². The largest absolute Gasteiger partial charge is 0.493 e. The zero-order chi connectivity index (χ0) is 23.2. The monoisotopic (exact) mass is 444 g/mol. The SMILES string of the molecule is CC(=O)NCCN[C@H]1c2ccc(OCCc3cccc(-c4ccccc4)c3C)cc2C[C@@H]1O. The van der Waals surface area contributed by atoms with Crippen molar-refractivity contribution < 1.29 is 14.6 Å². The quantitative estimate of drug-likeness (QED) is 0.437. The molecule has 1 aliphatic rings. The van der Waals surface area contributed by atoms with Crippen LogP contribution in [0.2, 0.25) is 0 Å². The Kier molecular flexibility index (Phi) is 7.43.